The monoisotopic (exact) mass is 174 g/mol. The third-order valence-corrected chi connectivity index (χ3v) is 3.02. The van der Waals surface area contributed by atoms with Crippen molar-refractivity contribution in [3.8, 4) is 0 Å². The van der Waals surface area contributed by atoms with E-state index in [0.717, 1.165) is 4.31 Å². The lowest BCUT2D eigenvalue weighted by atomic mass is 10.3. The van der Waals surface area contributed by atoms with E-state index in [0.29, 0.717) is 11.4 Å². The van der Waals surface area contributed by atoms with Crippen LogP contribution in [-0.2, 0) is 10.2 Å². The molecule has 0 saturated heterocycles. The molecule has 1 rings (SSSR count). The smallest absolute Gasteiger partial charge is 0.259 e. The average molecular weight is 174 g/mol. The molecule has 11 heavy (non-hydrogen) atoms. The van der Waals surface area contributed by atoms with E-state index in [9.17, 15) is 8.42 Å². The van der Waals surface area contributed by atoms with Crippen LogP contribution in [0.3, 0.4) is 0 Å². The zero-order valence-electron chi connectivity index (χ0n) is 6.70. The summed E-state index contributed by atoms with van der Waals surface area (Å²) in [4.78, 5) is 0. The minimum absolute atomic E-state index is 0.528. The largest absolute Gasteiger partial charge is 0.344 e. The first-order valence-corrected chi connectivity index (χ1v) is 4.57. The van der Waals surface area contributed by atoms with Gasteiger partial charge in [0.15, 0.2) is 0 Å². The molecule has 0 amide bonds. The van der Waals surface area contributed by atoms with Gasteiger partial charge in [-0.2, -0.15) is 12.8 Å². The summed E-state index contributed by atoms with van der Waals surface area (Å²) in [5.41, 5.74) is 1.22. The molecule has 0 aromatic rings. The molecule has 0 unspecified atom stereocenters. The Balaban J connectivity index is 3.22. The van der Waals surface area contributed by atoms with E-state index in [1.165, 1.54) is 7.05 Å². The topological polar surface area (TPSA) is 49.7 Å². The number of nitrogens with zero attached hydrogens (tertiary/aromatic N) is 2. The molecule has 62 valence electrons. The summed E-state index contributed by atoms with van der Waals surface area (Å²) in [5, 5.41) is 0. The molecule has 0 atom stereocenters. The molecule has 5 heteroatoms. The molecule has 0 aliphatic carbocycles. The number of hydrogen-bond donors (Lipinski definition) is 0. The van der Waals surface area contributed by atoms with Crippen LogP contribution in [0, 0.1) is 0 Å². The molecule has 0 spiro atoms. The number of hydrogen-bond acceptors (Lipinski definition) is 2. The van der Waals surface area contributed by atoms with Crippen LogP contribution in [0.5, 0.6) is 0 Å². The molecular weight excluding hydrogens is 164 g/mol. The maximum Gasteiger partial charge on any atom is 0.344 e. The van der Waals surface area contributed by atoms with Crippen LogP contribution in [0.1, 0.15) is 13.8 Å². The Morgan fingerprint density at radius 3 is 2.45 bits per heavy atom. The van der Waals surface area contributed by atoms with Crippen LogP contribution in [0.2, 0.25) is 0 Å². The molecule has 0 saturated carbocycles. The van der Waals surface area contributed by atoms with Gasteiger partial charge in [-0.15, -0.1) is 0 Å². The van der Waals surface area contributed by atoms with Gasteiger partial charge in [-0.05, 0) is 19.9 Å². The first kappa shape index (κ1) is 8.26. The van der Waals surface area contributed by atoms with E-state index >= 15 is 0 Å². The van der Waals surface area contributed by atoms with Crippen molar-refractivity contribution in [3.05, 3.63) is 11.8 Å². The minimum Gasteiger partial charge on any atom is -0.259 e. The average Bonchev–Trinajstić information content (AvgIpc) is 1.81. The zero-order valence-corrected chi connectivity index (χ0v) is 7.51. The highest BCUT2D eigenvalue weighted by molar-refractivity contribution is 7.88. The fourth-order valence-electron chi connectivity index (χ4n) is 0.845. The first-order valence-electron chi connectivity index (χ1n) is 3.17. The lowest BCUT2D eigenvalue weighted by Crippen LogP contribution is -2.27. The SMILES string of the molecule is CC1=CC(C)=NS(=O)(=O)N1C. The van der Waals surface area contributed by atoms with Crippen molar-refractivity contribution in [1.82, 2.24) is 4.31 Å². The van der Waals surface area contributed by atoms with E-state index < -0.39 is 10.2 Å². The molecule has 0 bridgehead atoms. The van der Waals surface area contributed by atoms with Crippen molar-refractivity contribution in [2.24, 2.45) is 4.40 Å². The summed E-state index contributed by atoms with van der Waals surface area (Å²) in [5.74, 6) is 0. The Kier molecular flexibility index (Phi) is 1.75. The van der Waals surface area contributed by atoms with Gasteiger partial charge in [0, 0.05) is 12.7 Å². The molecule has 1 heterocycles. The first-order chi connectivity index (χ1) is 4.93. The summed E-state index contributed by atoms with van der Waals surface area (Å²) in [7, 11) is -1.92. The molecule has 0 aromatic carbocycles. The van der Waals surface area contributed by atoms with Gasteiger partial charge in [0.2, 0.25) is 0 Å². The Hall–Kier alpha value is -0.840. The van der Waals surface area contributed by atoms with Crippen LogP contribution in [0.15, 0.2) is 16.2 Å². The van der Waals surface area contributed by atoms with Crippen LogP contribution < -0.4 is 0 Å². The molecule has 0 N–H and O–H groups in total. The molecule has 1 aliphatic heterocycles. The second kappa shape index (κ2) is 2.34. The summed E-state index contributed by atoms with van der Waals surface area (Å²) >= 11 is 0. The predicted octanol–water partition coefficient (Wildman–Crippen LogP) is 0.541. The van der Waals surface area contributed by atoms with Crippen LogP contribution >= 0.6 is 0 Å². The highest BCUT2D eigenvalue weighted by Crippen LogP contribution is 2.14. The fourth-order valence-corrected chi connectivity index (χ4v) is 1.80. The van der Waals surface area contributed by atoms with E-state index in [1.807, 2.05) is 0 Å². The third-order valence-electron chi connectivity index (χ3n) is 1.52. The van der Waals surface area contributed by atoms with Gasteiger partial charge in [-0.25, -0.2) is 0 Å². The highest BCUT2D eigenvalue weighted by atomic mass is 32.2. The lowest BCUT2D eigenvalue weighted by molar-refractivity contribution is 0.524. The second-order valence-electron chi connectivity index (χ2n) is 2.46. The number of allylic oxidation sites excluding steroid dienone is 2. The molecule has 4 nitrogen and oxygen atoms in total. The normalized spacial score (nSPS) is 22.6. The highest BCUT2D eigenvalue weighted by Gasteiger charge is 2.20. The van der Waals surface area contributed by atoms with Crippen molar-refractivity contribution >= 4 is 15.9 Å². The molecule has 0 radical (unpaired) electrons. The Morgan fingerprint density at radius 2 is 2.00 bits per heavy atom. The maximum absolute atomic E-state index is 11.1. The van der Waals surface area contributed by atoms with Crippen molar-refractivity contribution in [2.75, 3.05) is 7.05 Å². The zero-order chi connectivity index (χ0) is 8.65. The second-order valence-corrected chi connectivity index (χ2v) is 4.09. The van der Waals surface area contributed by atoms with Crippen molar-refractivity contribution in [1.29, 1.82) is 0 Å². The lowest BCUT2D eigenvalue weighted by Gasteiger charge is -2.20. The maximum atomic E-state index is 11.1. The van der Waals surface area contributed by atoms with Gasteiger partial charge in [0.25, 0.3) is 0 Å². The van der Waals surface area contributed by atoms with E-state index in [4.69, 9.17) is 0 Å². The van der Waals surface area contributed by atoms with E-state index in [2.05, 4.69) is 4.40 Å². The van der Waals surface area contributed by atoms with Crippen LogP contribution in [0.25, 0.3) is 0 Å². The van der Waals surface area contributed by atoms with Crippen LogP contribution in [-0.4, -0.2) is 25.5 Å². The quantitative estimate of drug-likeness (QED) is 0.538. The minimum atomic E-state index is -3.41. The summed E-state index contributed by atoms with van der Waals surface area (Å²) in [6.07, 6.45) is 1.72. The van der Waals surface area contributed by atoms with Gasteiger partial charge in [0.05, 0.1) is 5.71 Å². The van der Waals surface area contributed by atoms with Gasteiger partial charge in [0.1, 0.15) is 0 Å². The summed E-state index contributed by atoms with van der Waals surface area (Å²) in [6.45, 7) is 3.39. The van der Waals surface area contributed by atoms with Gasteiger partial charge in [-0.1, -0.05) is 0 Å². The standard InChI is InChI=1S/C6H10N2O2S/c1-5-4-6(2)8(3)11(9,10)7-5/h4H,1-3H3. The molecule has 1 aliphatic rings. The Bertz CT molecular complexity index is 326. The molecule has 0 fully saturated rings. The molecule has 0 aromatic heterocycles. The summed E-state index contributed by atoms with van der Waals surface area (Å²) in [6, 6.07) is 0. The van der Waals surface area contributed by atoms with Crippen LogP contribution in [0.4, 0.5) is 0 Å². The Labute approximate surface area is 66.4 Å². The van der Waals surface area contributed by atoms with E-state index in [-0.39, 0.29) is 0 Å². The van der Waals surface area contributed by atoms with Gasteiger partial charge < -0.3 is 0 Å². The third kappa shape index (κ3) is 1.42. The predicted molar refractivity (Wildman–Crippen MR) is 43.5 cm³/mol. The Morgan fingerprint density at radius 1 is 1.45 bits per heavy atom. The number of rotatable bonds is 0. The van der Waals surface area contributed by atoms with E-state index in [1.54, 1.807) is 19.9 Å². The molecular formula is C6H10N2O2S. The summed E-state index contributed by atoms with van der Waals surface area (Å²) < 4.78 is 26.8. The fraction of sp³-hybridized carbons (Fsp3) is 0.500. The van der Waals surface area contributed by atoms with Gasteiger partial charge >= 0.3 is 10.2 Å². The van der Waals surface area contributed by atoms with Crippen molar-refractivity contribution in [2.45, 2.75) is 13.8 Å². The van der Waals surface area contributed by atoms with Gasteiger partial charge in [-0.3, -0.25) is 4.31 Å². The van der Waals surface area contributed by atoms with Crippen molar-refractivity contribution < 1.29 is 8.42 Å². The van der Waals surface area contributed by atoms with Crippen molar-refractivity contribution in [3.63, 3.8) is 0 Å².